The first-order valence-electron chi connectivity index (χ1n) is 12.1. The molecule has 1 aromatic heterocycles. The lowest BCUT2D eigenvalue weighted by atomic mass is 10.2. The van der Waals surface area contributed by atoms with Crippen LogP contribution in [-0.2, 0) is 10.0 Å². The highest BCUT2D eigenvalue weighted by molar-refractivity contribution is 7.89. The maximum Gasteiger partial charge on any atom is 0.280 e. The van der Waals surface area contributed by atoms with Gasteiger partial charge in [0.2, 0.25) is 15.2 Å². The molecular formula is C27H25FN4O4S2. The van der Waals surface area contributed by atoms with Crippen molar-refractivity contribution in [1.29, 1.82) is 0 Å². The fourth-order valence-electron chi connectivity index (χ4n) is 4.08. The topological polar surface area (TPSA) is 92.2 Å². The summed E-state index contributed by atoms with van der Waals surface area (Å²) < 4.78 is 47.0. The fraction of sp³-hybridized carbons (Fsp3) is 0.222. The van der Waals surface area contributed by atoms with Crippen LogP contribution in [0.15, 0.2) is 76.7 Å². The Morgan fingerprint density at radius 3 is 2.50 bits per heavy atom. The third kappa shape index (κ3) is 5.45. The summed E-state index contributed by atoms with van der Waals surface area (Å²) in [6.45, 7) is 3.44. The molecule has 0 unspecified atom stereocenters. The molecule has 0 spiro atoms. The molecule has 0 atom stereocenters. The van der Waals surface area contributed by atoms with Crippen molar-refractivity contribution < 1.29 is 22.3 Å². The van der Waals surface area contributed by atoms with Crippen molar-refractivity contribution in [3.05, 3.63) is 83.7 Å². The Kier molecular flexibility index (Phi) is 7.50. The monoisotopic (exact) mass is 552 g/mol. The normalized spacial score (nSPS) is 14.4. The number of nitrogens with zero attached hydrogens (tertiary/aromatic N) is 4. The third-order valence-corrected chi connectivity index (χ3v) is 8.94. The molecule has 1 amide bonds. The van der Waals surface area contributed by atoms with Crippen LogP contribution in [0, 0.1) is 5.82 Å². The van der Waals surface area contributed by atoms with Gasteiger partial charge in [-0.15, -0.1) is 0 Å². The maximum absolute atomic E-state index is 13.8. The highest BCUT2D eigenvalue weighted by atomic mass is 32.2. The summed E-state index contributed by atoms with van der Waals surface area (Å²) in [4.78, 5) is 18.2. The SMILES string of the molecule is CCOc1ccc(/C=N/N(C(=O)c2ccc(S(=O)(=O)N3CCCC3)cc2)c2nc3ccc(F)cc3s2)cc1. The lowest BCUT2D eigenvalue weighted by molar-refractivity contribution is 0.0987. The number of ether oxygens (including phenoxy) is 1. The highest BCUT2D eigenvalue weighted by Gasteiger charge is 2.28. The maximum atomic E-state index is 13.8. The molecule has 4 aromatic rings. The molecule has 8 nitrogen and oxygen atoms in total. The van der Waals surface area contributed by atoms with Gasteiger partial charge in [-0.05, 0) is 92.1 Å². The van der Waals surface area contributed by atoms with Gasteiger partial charge in [-0.2, -0.15) is 14.4 Å². The average molecular weight is 553 g/mol. The van der Waals surface area contributed by atoms with Crippen LogP contribution in [0.4, 0.5) is 9.52 Å². The number of aromatic nitrogens is 1. The van der Waals surface area contributed by atoms with E-state index in [1.165, 1.54) is 46.9 Å². The van der Waals surface area contributed by atoms with E-state index in [1.807, 2.05) is 19.1 Å². The van der Waals surface area contributed by atoms with Crippen LogP contribution < -0.4 is 9.75 Å². The van der Waals surface area contributed by atoms with Crippen molar-refractivity contribution in [3.63, 3.8) is 0 Å². The number of halogens is 1. The molecule has 3 aromatic carbocycles. The number of fused-ring (bicyclic) bond motifs is 1. The standard InChI is InChI=1S/C27H25FN4O4S2/c1-2-36-22-10-5-19(6-11-22)18-29-32(27-30-24-14-9-21(28)17-25(24)37-27)26(33)20-7-12-23(13-8-20)38(34,35)31-15-3-4-16-31/h5-14,17-18H,2-4,15-16H2,1H3/b29-18+. The minimum Gasteiger partial charge on any atom is -0.494 e. The van der Waals surface area contributed by atoms with Gasteiger partial charge in [-0.1, -0.05) is 11.3 Å². The number of benzene rings is 3. The molecule has 0 bridgehead atoms. The predicted molar refractivity (Wildman–Crippen MR) is 146 cm³/mol. The molecule has 0 saturated carbocycles. The highest BCUT2D eigenvalue weighted by Crippen LogP contribution is 2.31. The van der Waals surface area contributed by atoms with E-state index in [4.69, 9.17) is 4.74 Å². The summed E-state index contributed by atoms with van der Waals surface area (Å²) in [5.74, 6) is -0.190. The molecule has 11 heteroatoms. The van der Waals surface area contributed by atoms with E-state index in [2.05, 4.69) is 10.1 Å². The van der Waals surface area contributed by atoms with Crippen LogP contribution in [0.25, 0.3) is 10.2 Å². The van der Waals surface area contributed by atoms with Gasteiger partial charge in [0.05, 0.1) is 27.9 Å². The minimum absolute atomic E-state index is 0.135. The first kappa shape index (κ1) is 26.0. The van der Waals surface area contributed by atoms with Gasteiger partial charge >= 0.3 is 0 Å². The van der Waals surface area contributed by atoms with Crippen molar-refractivity contribution in [2.45, 2.75) is 24.7 Å². The van der Waals surface area contributed by atoms with Crippen molar-refractivity contribution in [2.24, 2.45) is 5.10 Å². The molecule has 0 radical (unpaired) electrons. The van der Waals surface area contributed by atoms with Crippen molar-refractivity contribution in [2.75, 3.05) is 24.7 Å². The molecule has 1 saturated heterocycles. The number of amides is 1. The number of carbonyl (C=O) groups excluding carboxylic acids is 1. The molecule has 1 fully saturated rings. The van der Waals surface area contributed by atoms with Crippen LogP contribution >= 0.6 is 11.3 Å². The van der Waals surface area contributed by atoms with Crippen LogP contribution in [0.5, 0.6) is 5.75 Å². The van der Waals surface area contributed by atoms with E-state index in [9.17, 15) is 17.6 Å². The molecule has 1 aliphatic rings. The average Bonchev–Trinajstić information content (AvgIpc) is 3.61. The van der Waals surface area contributed by atoms with Gasteiger partial charge in [0.1, 0.15) is 11.6 Å². The molecule has 5 rings (SSSR count). The second kappa shape index (κ2) is 11.0. The van der Waals surface area contributed by atoms with E-state index in [0.29, 0.717) is 29.9 Å². The smallest absolute Gasteiger partial charge is 0.280 e. The summed E-state index contributed by atoms with van der Waals surface area (Å²) in [7, 11) is -3.61. The van der Waals surface area contributed by atoms with Crippen molar-refractivity contribution in [1.82, 2.24) is 9.29 Å². The lowest BCUT2D eigenvalue weighted by Gasteiger charge is -2.16. The summed E-state index contributed by atoms with van der Waals surface area (Å²) in [6.07, 6.45) is 3.19. The van der Waals surface area contributed by atoms with Gasteiger partial charge in [0, 0.05) is 18.7 Å². The van der Waals surface area contributed by atoms with Gasteiger partial charge in [0.25, 0.3) is 5.91 Å². The van der Waals surface area contributed by atoms with Crippen LogP contribution in [0.1, 0.15) is 35.7 Å². The van der Waals surface area contributed by atoms with Crippen LogP contribution in [-0.4, -0.2) is 49.5 Å². The predicted octanol–water partition coefficient (Wildman–Crippen LogP) is 5.30. The lowest BCUT2D eigenvalue weighted by Crippen LogP contribution is -2.28. The number of thiazole rings is 1. The van der Waals surface area contributed by atoms with Crippen molar-refractivity contribution >= 4 is 48.8 Å². The van der Waals surface area contributed by atoms with Gasteiger partial charge < -0.3 is 4.74 Å². The Morgan fingerprint density at radius 1 is 1.11 bits per heavy atom. The zero-order valence-corrected chi connectivity index (χ0v) is 22.2. The van der Waals surface area contributed by atoms with Crippen LogP contribution in [0.3, 0.4) is 0 Å². The van der Waals surface area contributed by atoms with Gasteiger partial charge in [-0.3, -0.25) is 4.79 Å². The Hall–Kier alpha value is -3.67. The number of hydrogen-bond acceptors (Lipinski definition) is 7. The molecule has 2 heterocycles. The number of carbonyl (C=O) groups is 1. The second-order valence-electron chi connectivity index (χ2n) is 8.61. The molecule has 1 aliphatic heterocycles. The van der Waals surface area contributed by atoms with E-state index in [0.717, 1.165) is 40.5 Å². The largest absolute Gasteiger partial charge is 0.494 e. The van der Waals surface area contributed by atoms with E-state index >= 15 is 0 Å². The number of hydrazone groups is 1. The molecule has 38 heavy (non-hydrogen) atoms. The van der Waals surface area contributed by atoms with Crippen LogP contribution in [0.2, 0.25) is 0 Å². The Labute approximate surface area is 224 Å². The number of rotatable bonds is 8. The Morgan fingerprint density at radius 2 is 1.82 bits per heavy atom. The van der Waals surface area contributed by atoms with Gasteiger partial charge in [0.15, 0.2) is 0 Å². The van der Waals surface area contributed by atoms with Crippen molar-refractivity contribution in [3.8, 4) is 5.75 Å². The zero-order chi connectivity index (χ0) is 26.7. The van der Waals surface area contributed by atoms with E-state index in [1.54, 1.807) is 18.2 Å². The number of sulfonamides is 1. The minimum atomic E-state index is -3.61. The number of hydrogen-bond donors (Lipinski definition) is 0. The Bertz CT molecular complexity index is 1580. The summed E-state index contributed by atoms with van der Waals surface area (Å²) >= 11 is 1.13. The third-order valence-electron chi connectivity index (χ3n) is 6.03. The second-order valence-corrected chi connectivity index (χ2v) is 11.6. The molecular weight excluding hydrogens is 527 g/mol. The fourth-order valence-corrected chi connectivity index (χ4v) is 6.54. The summed E-state index contributed by atoms with van der Waals surface area (Å²) in [5, 5.41) is 5.81. The van der Waals surface area contributed by atoms with E-state index in [-0.39, 0.29) is 15.6 Å². The molecule has 0 N–H and O–H groups in total. The summed E-state index contributed by atoms with van der Waals surface area (Å²) in [6, 6.07) is 17.2. The quantitative estimate of drug-likeness (QED) is 0.219. The first-order valence-corrected chi connectivity index (χ1v) is 14.4. The molecule has 196 valence electrons. The van der Waals surface area contributed by atoms with E-state index < -0.39 is 21.7 Å². The Balaban J connectivity index is 1.47. The number of anilines is 1. The molecule has 0 aliphatic carbocycles. The summed E-state index contributed by atoms with van der Waals surface area (Å²) in [5.41, 5.74) is 1.50. The zero-order valence-electron chi connectivity index (χ0n) is 20.6. The first-order chi connectivity index (χ1) is 18.3. The van der Waals surface area contributed by atoms with Gasteiger partial charge in [-0.25, -0.2) is 17.8 Å².